The first-order chi connectivity index (χ1) is 18.4. The molecule has 1 fully saturated rings. The van der Waals surface area contributed by atoms with E-state index >= 15 is 0 Å². The van der Waals surface area contributed by atoms with E-state index < -0.39 is 15.3 Å². The van der Waals surface area contributed by atoms with E-state index in [9.17, 15) is 8.42 Å². The summed E-state index contributed by atoms with van der Waals surface area (Å²) in [7, 11) is -3.73. The highest BCUT2D eigenvalue weighted by molar-refractivity contribution is 7.96. The maximum Gasteiger partial charge on any atom is 0.245 e. The first kappa shape index (κ1) is 28.1. The normalized spacial score (nSPS) is 15.7. The van der Waals surface area contributed by atoms with Gasteiger partial charge in [0.05, 0.1) is 37.4 Å². The molecule has 0 spiro atoms. The van der Waals surface area contributed by atoms with E-state index in [1.807, 2.05) is 67.6 Å². The Morgan fingerprint density at radius 2 is 1.45 bits per heavy atom. The summed E-state index contributed by atoms with van der Waals surface area (Å²) in [6.07, 6.45) is 3.07. The monoisotopic (exact) mass is 532 g/mol. The second-order valence-corrected chi connectivity index (χ2v) is 11.8. The Bertz CT molecular complexity index is 1240. The van der Waals surface area contributed by atoms with Crippen LogP contribution in [0.5, 0.6) is 0 Å². The molecule has 200 valence electrons. The Balaban J connectivity index is 1.54. The van der Waals surface area contributed by atoms with Crippen LogP contribution in [0.4, 0.5) is 0 Å². The van der Waals surface area contributed by atoms with Crippen molar-refractivity contribution < 1.29 is 22.6 Å². The van der Waals surface area contributed by atoms with Gasteiger partial charge in [-0.25, -0.2) is 8.42 Å². The first-order valence-corrected chi connectivity index (χ1v) is 14.6. The third kappa shape index (κ3) is 8.54. The molecule has 1 aliphatic rings. The van der Waals surface area contributed by atoms with E-state index in [4.69, 9.17) is 14.2 Å². The molecule has 38 heavy (non-hydrogen) atoms. The molecule has 3 aromatic rings. The third-order valence-electron chi connectivity index (χ3n) is 6.73. The lowest BCUT2D eigenvalue weighted by Crippen LogP contribution is -2.36. The van der Waals surface area contributed by atoms with E-state index in [0.717, 1.165) is 36.1 Å². The highest BCUT2D eigenvalue weighted by Gasteiger charge is 2.35. The Kier molecular flexibility index (Phi) is 10.1. The molecule has 4 rings (SSSR count). The quantitative estimate of drug-likeness (QED) is 0.208. The van der Waals surface area contributed by atoms with Crippen molar-refractivity contribution in [2.24, 2.45) is 5.41 Å². The van der Waals surface area contributed by atoms with E-state index in [-0.39, 0.29) is 11.0 Å². The number of sulfone groups is 1. The molecule has 1 unspecified atom stereocenters. The molecule has 0 aliphatic carbocycles. The smallest absolute Gasteiger partial charge is 0.245 e. The van der Waals surface area contributed by atoms with Gasteiger partial charge >= 0.3 is 0 Å². The topological polar surface area (TPSA) is 61.8 Å². The Hall–Kier alpha value is -2.95. The van der Waals surface area contributed by atoms with Crippen molar-refractivity contribution >= 4 is 9.84 Å². The fourth-order valence-electron chi connectivity index (χ4n) is 4.64. The molecule has 0 radical (unpaired) electrons. The van der Waals surface area contributed by atoms with Crippen molar-refractivity contribution in [1.29, 1.82) is 0 Å². The number of rotatable bonds is 12. The van der Waals surface area contributed by atoms with Gasteiger partial charge in [-0.1, -0.05) is 84.3 Å². The predicted molar refractivity (Wildman–Crippen MR) is 149 cm³/mol. The predicted octanol–water partition coefficient (Wildman–Crippen LogP) is 6.11. The molecule has 5 nitrogen and oxygen atoms in total. The summed E-state index contributed by atoms with van der Waals surface area (Å²) in [5.74, 6) is 3.00. The van der Waals surface area contributed by atoms with Crippen molar-refractivity contribution in [3.63, 3.8) is 0 Å². The molecule has 1 saturated heterocycles. The second-order valence-electron chi connectivity index (χ2n) is 10.1. The van der Waals surface area contributed by atoms with Crippen LogP contribution >= 0.6 is 0 Å². The van der Waals surface area contributed by atoms with Gasteiger partial charge in [-0.15, -0.1) is 0 Å². The molecule has 0 bridgehead atoms. The second kappa shape index (κ2) is 13.7. The standard InChI is InChI=1S/C32H36O5S/c1-27-15-17-31(18-16-27)38(33,34)21-9-19-32(22-30-14-8-20-37-30,25-35-23-28-10-4-2-5-11-28)26-36-24-29-12-6-3-7-13-29/h2-7,10-13,15-18,30H,8,14,19-20,22-26H2,1H3. The average molecular weight is 533 g/mol. The van der Waals surface area contributed by atoms with Crippen LogP contribution in [0, 0.1) is 23.5 Å². The van der Waals surface area contributed by atoms with Crippen molar-refractivity contribution in [2.75, 3.05) is 19.8 Å². The summed E-state index contributed by atoms with van der Waals surface area (Å²) in [5.41, 5.74) is 2.64. The zero-order valence-corrected chi connectivity index (χ0v) is 22.8. The Morgan fingerprint density at radius 3 is 1.97 bits per heavy atom. The van der Waals surface area contributed by atoms with Gasteiger partial charge in [-0.2, -0.15) is 0 Å². The van der Waals surface area contributed by atoms with Crippen LogP contribution in [-0.2, 0) is 37.3 Å². The summed E-state index contributed by atoms with van der Waals surface area (Å²) in [6.45, 7) is 4.35. The lowest BCUT2D eigenvalue weighted by Gasteiger charge is -2.34. The van der Waals surface area contributed by atoms with Gasteiger partial charge in [0.2, 0.25) is 9.84 Å². The van der Waals surface area contributed by atoms with Crippen LogP contribution in [0.3, 0.4) is 0 Å². The van der Waals surface area contributed by atoms with E-state index in [1.165, 1.54) is 0 Å². The summed E-state index contributed by atoms with van der Waals surface area (Å²) < 4.78 is 44.3. The van der Waals surface area contributed by atoms with Crippen LogP contribution < -0.4 is 0 Å². The number of benzene rings is 3. The zero-order chi connectivity index (χ0) is 26.7. The molecular weight excluding hydrogens is 496 g/mol. The molecule has 3 aromatic carbocycles. The molecule has 0 amide bonds. The molecule has 1 atom stereocenters. The van der Waals surface area contributed by atoms with Gasteiger partial charge in [0.1, 0.15) is 0 Å². The van der Waals surface area contributed by atoms with Crippen LogP contribution in [0.15, 0.2) is 89.8 Å². The van der Waals surface area contributed by atoms with Crippen LogP contribution in [0.1, 0.15) is 42.4 Å². The molecule has 1 aliphatic heterocycles. The zero-order valence-electron chi connectivity index (χ0n) is 22.0. The molecule has 0 aromatic heterocycles. The maximum atomic E-state index is 12.9. The van der Waals surface area contributed by atoms with Crippen molar-refractivity contribution in [2.45, 2.75) is 56.8 Å². The minimum absolute atomic E-state index is 0.0751. The van der Waals surface area contributed by atoms with E-state index in [1.54, 1.807) is 24.3 Å². The lowest BCUT2D eigenvalue weighted by molar-refractivity contribution is -0.0571. The summed E-state index contributed by atoms with van der Waals surface area (Å²) in [5, 5.41) is 2.56. The highest BCUT2D eigenvalue weighted by atomic mass is 32.2. The number of hydrogen-bond acceptors (Lipinski definition) is 5. The highest BCUT2D eigenvalue weighted by Crippen LogP contribution is 2.34. The van der Waals surface area contributed by atoms with Crippen LogP contribution in [0.2, 0.25) is 0 Å². The minimum atomic E-state index is -3.73. The summed E-state index contributed by atoms with van der Waals surface area (Å²) in [6, 6.07) is 26.8. The Labute approximate surface area is 227 Å². The SMILES string of the molecule is Cc1ccc(S(=O)(=O)C#CCC(COCc2ccccc2)(COCc2ccccc2)CC2CCCO2)cc1. The summed E-state index contributed by atoms with van der Waals surface area (Å²) in [4.78, 5) is 0.209. The molecule has 0 saturated carbocycles. The molecular formula is C32H36O5S. The van der Waals surface area contributed by atoms with Gasteiger partial charge in [0.25, 0.3) is 0 Å². The fraction of sp³-hybridized carbons (Fsp3) is 0.375. The minimum Gasteiger partial charge on any atom is -0.378 e. The van der Waals surface area contributed by atoms with Crippen molar-refractivity contribution in [1.82, 2.24) is 0 Å². The molecule has 6 heteroatoms. The number of aryl methyl sites for hydroxylation is 1. The van der Waals surface area contributed by atoms with Gasteiger partial charge in [0, 0.05) is 23.7 Å². The first-order valence-electron chi connectivity index (χ1n) is 13.1. The summed E-state index contributed by atoms with van der Waals surface area (Å²) >= 11 is 0. The van der Waals surface area contributed by atoms with Gasteiger partial charge < -0.3 is 14.2 Å². The molecule has 0 N–H and O–H groups in total. The van der Waals surface area contributed by atoms with Crippen LogP contribution in [0.25, 0.3) is 0 Å². The van der Waals surface area contributed by atoms with Gasteiger partial charge in [0.15, 0.2) is 0 Å². The van der Waals surface area contributed by atoms with Crippen molar-refractivity contribution in [3.8, 4) is 11.2 Å². The largest absolute Gasteiger partial charge is 0.378 e. The van der Waals surface area contributed by atoms with Gasteiger partial charge in [-0.05, 0) is 49.4 Å². The average Bonchev–Trinajstić information content (AvgIpc) is 3.43. The maximum absolute atomic E-state index is 12.9. The van der Waals surface area contributed by atoms with E-state index in [2.05, 4.69) is 11.2 Å². The Morgan fingerprint density at radius 1 is 0.868 bits per heavy atom. The van der Waals surface area contributed by atoms with E-state index in [0.29, 0.717) is 39.3 Å². The number of ether oxygens (including phenoxy) is 3. The number of hydrogen-bond donors (Lipinski definition) is 0. The molecule has 1 heterocycles. The van der Waals surface area contributed by atoms with Gasteiger partial charge in [-0.3, -0.25) is 0 Å². The lowest BCUT2D eigenvalue weighted by atomic mass is 9.80. The van der Waals surface area contributed by atoms with Crippen molar-refractivity contribution in [3.05, 3.63) is 102 Å². The van der Waals surface area contributed by atoms with Crippen LogP contribution in [-0.4, -0.2) is 34.3 Å². The third-order valence-corrected chi connectivity index (χ3v) is 8.03. The fourth-order valence-corrected chi connectivity index (χ4v) is 5.51.